The zero-order valence-corrected chi connectivity index (χ0v) is 13.7. The smallest absolute Gasteiger partial charge is 0.120 e. The van der Waals surface area contributed by atoms with Crippen LogP contribution in [0, 0.1) is 0 Å². The number of anilines is 1. The van der Waals surface area contributed by atoms with Crippen LogP contribution in [0.25, 0.3) is 0 Å². The van der Waals surface area contributed by atoms with Gasteiger partial charge in [-0.1, -0.05) is 38.1 Å². The van der Waals surface area contributed by atoms with E-state index in [0.717, 1.165) is 22.1 Å². The lowest BCUT2D eigenvalue weighted by atomic mass is 10.0. The molecule has 0 unspecified atom stereocenters. The molecule has 0 aliphatic carbocycles. The van der Waals surface area contributed by atoms with Crippen molar-refractivity contribution in [1.82, 2.24) is 0 Å². The fourth-order valence-corrected chi connectivity index (χ4v) is 3.00. The summed E-state index contributed by atoms with van der Waals surface area (Å²) in [6.45, 7) is 7.08. The van der Waals surface area contributed by atoms with E-state index in [2.05, 4.69) is 38.1 Å². The van der Waals surface area contributed by atoms with Crippen LogP contribution in [-0.2, 0) is 5.75 Å². The van der Waals surface area contributed by atoms with Crippen molar-refractivity contribution in [2.75, 3.05) is 12.3 Å². The number of thioether (sulfide) groups is 1. The number of nitrogens with two attached hydrogens (primary N) is 1. The highest BCUT2D eigenvalue weighted by molar-refractivity contribution is 7.98. The van der Waals surface area contributed by atoms with Crippen LogP contribution in [0.4, 0.5) is 5.69 Å². The molecule has 0 aliphatic heterocycles. The van der Waals surface area contributed by atoms with Crippen molar-refractivity contribution in [2.45, 2.75) is 37.3 Å². The van der Waals surface area contributed by atoms with Crippen molar-refractivity contribution < 1.29 is 4.74 Å². The van der Waals surface area contributed by atoms with E-state index in [1.165, 1.54) is 11.1 Å². The van der Waals surface area contributed by atoms with Crippen molar-refractivity contribution in [1.29, 1.82) is 0 Å². The molecule has 0 bridgehead atoms. The van der Waals surface area contributed by atoms with Crippen LogP contribution in [0.3, 0.4) is 0 Å². The first kappa shape index (κ1) is 15.8. The summed E-state index contributed by atoms with van der Waals surface area (Å²) in [5, 5.41) is 0. The third-order valence-electron chi connectivity index (χ3n) is 3.34. The summed E-state index contributed by atoms with van der Waals surface area (Å²) in [5.74, 6) is 2.37. The Labute approximate surface area is 131 Å². The van der Waals surface area contributed by atoms with E-state index >= 15 is 0 Å². The van der Waals surface area contributed by atoms with Gasteiger partial charge < -0.3 is 10.5 Å². The predicted octanol–water partition coefficient (Wildman–Crippen LogP) is 5.08. The van der Waals surface area contributed by atoms with Crippen LogP contribution in [-0.4, -0.2) is 6.61 Å². The lowest BCUT2D eigenvalue weighted by molar-refractivity contribution is 0.339. The SMILES string of the molecule is CCOc1ccc(N)c(SCc2ccc(C(C)C)cc2)c1. The molecule has 0 heterocycles. The lowest BCUT2D eigenvalue weighted by Crippen LogP contribution is -1.94. The van der Waals surface area contributed by atoms with Gasteiger partial charge in [-0.05, 0) is 42.2 Å². The maximum absolute atomic E-state index is 6.04. The first-order valence-corrected chi connectivity index (χ1v) is 8.32. The molecule has 21 heavy (non-hydrogen) atoms. The zero-order chi connectivity index (χ0) is 15.2. The molecule has 3 heteroatoms. The third-order valence-corrected chi connectivity index (χ3v) is 4.48. The van der Waals surface area contributed by atoms with Crippen LogP contribution in [0.1, 0.15) is 37.8 Å². The number of hydrogen-bond donors (Lipinski definition) is 1. The largest absolute Gasteiger partial charge is 0.494 e. The molecule has 0 saturated heterocycles. The average Bonchev–Trinajstić information content (AvgIpc) is 2.48. The second-order valence-electron chi connectivity index (χ2n) is 5.32. The molecular weight excluding hydrogens is 278 g/mol. The van der Waals surface area contributed by atoms with Crippen LogP contribution in [0.5, 0.6) is 5.75 Å². The van der Waals surface area contributed by atoms with E-state index in [1.54, 1.807) is 11.8 Å². The minimum absolute atomic E-state index is 0.574. The fourth-order valence-electron chi connectivity index (χ4n) is 2.06. The highest BCUT2D eigenvalue weighted by Gasteiger charge is 2.04. The van der Waals surface area contributed by atoms with E-state index < -0.39 is 0 Å². The third kappa shape index (κ3) is 4.43. The maximum atomic E-state index is 6.04. The summed E-state index contributed by atoms with van der Waals surface area (Å²) in [6.07, 6.45) is 0. The molecule has 0 radical (unpaired) electrons. The second-order valence-corrected chi connectivity index (χ2v) is 6.33. The van der Waals surface area contributed by atoms with Gasteiger partial charge in [-0.3, -0.25) is 0 Å². The van der Waals surface area contributed by atoms with Gasteiger partial charge in [0.25, 0.3) is 0 Å². The molecule has 2 aromatic rings. The molecule has 0 fully saturated rings. The van der Waals surface area contributed by atoms with E-state index in [4.69, 9.17) is 10.5 Å². The van der Waals surface area contributed by atoms with Crippen molar-refractivity contribution in [3.05, 3.63) is 53.6 Å². The minimum Gasteiger partial charge on any atom is -0.494 e. The Bertz CT molecular complexity index is 578. The van der Waals surface area contributed by atoms with E-state index in [9.17, 15) is 0 Å². The Morgan fingerprint density at radius 2 is 1.81 bits per heavy atom. The normalized spacial score (nSPS) is 10.9. The Morgan fingerprint density at radius 1 is 1.10 bits per heavy atom. The van der Waals surface area contributed by atoms with Crippen molar-refractivity contribution in [2.24, 2.45) is 0 Å². The van der Waals surface area contributed by atoms with Crippen LogP contribution in [0.15, 0.2) is 47.4 Å². The molecule has 0 saturated carbocycles. The topological polar surface area (TPSA) is 35.2 Å². The second kappa shape index (κ2) is 7.41. The van der Waals surface area contributed by atoms with Gasteiger partial charge in [-0.25, -0.2) is 0 Å². The van der Waals surface area contributed by atoms with Crippen LogP contribution in [0.2, 0.25) is 0 Å². The van der Waals surface area contributed by atoms with Crippen LogP contribution < -0.4 is 10.5 Å². The van der Waals surface area contributed by atoms with Gasteiger partial charge in [-0.15, -0.1) is 11.8 Å². The van der Waals surface area contributed by atoms with Gasteiger partial charge in [-0.2, -0.15) is 0 Å². The quantitative estimate of drug-likeness (QED) is 0.596. The van der Waals surface area contributed by atoms with Gasteiger partial charge in [0.15, 0.2) is 0 Å². The number of rotatable bonds is 6. The molecule has 2 N–H and O–H groups in total. The number of hydrogen-bond acceptors (Lipinski definition) is 3. The molecule has 0 spiro atoms. The molecule has 2 rings (SSSR count). The van der Waals surface area contributed by atoms with Crippen LogP contribution >= 0.6 is 11.8 Å². The average molecular weight is 301 g/mol. The van der Waals surface area contributed by atoms with Gasteiger partial charge in [0.05, 0.1) is 6.61 Å². The summed E-state index contributed by atoms with van der Waals surface area (Å²) in [6, 6.07) is 14.7. The monoisotopic (exact) mass is 301 g/mol. The Hall–Kier alpha value is -1.61. The first-order valence-electron chi connectivity index (χ1n) is 7.34. The number of nitrogen functional groups attached to an aromatic ring is 1. The Kier molecular flexibility index (Phi) is 5.57. The summed E-state index contributed by atoms with van der Waals surface area (Å²) in [4.78, 5) is 1.08. The molecule has 0 aromatic heterocycles. The zero-order valence-electron chi connectivity index (χ0n) is 12.9. The van der Waals surface area contributed by atoms with Gasteiger partial charge in [0.1, 0.15) is 5.75 Å². The van der Waals surface area contributed by atoms with Gasteiger partial charge >= 0.3 is 0 Å². The Balaban J connectivity index is 2.03. The van der Waals surface area contributed by atoms with E-state index in [-0.39, 0.29) is 0 Å². The summed E-state index contributed by atoms with van der Waals surface area (Å²) >= 11 is 1.75. The number of ether oxygens (including phenoxy) is 1. The highest BCUT2D eigenvalue weighted by atomic mass is 32.2. The molecular formula is C18H23NOS. The molecule has 0 amide bonds. The standard InChI is InChI=1S/C18H23NOS/c1-4-20-16-9-10-17(19)18(11-16)21-12-14-5-7-15(8-6-14)13(2)3/h5-11,13H,4,12,19H2,1-3H3. The summed E-state index contributed by atoms with van der Waals surface area (Å²) in [7, 11) is 0. The van der Waals surface area contributed by atoms with Crippen molar-refractivity contribution >= 4 is 17.4 Å². The fraction of sp³-hybridized carbons (Fsp3) is 0.333. The molecule has 2 aromatic carbocycles. The highest BCUT2D eigenvalue weighted by Crippen LogP contribution is 2.31. The van der Waals surface area contributed by atoms with E-state index in [1.807, 2.05) is 25.1 Å². The van der Waals surface area contributed by atoms with Crippen molar-refractivity contribution in [3.8, 4) is 5.75 Å². The molecule has 0 aliphatic rings. The predicted molar refractivity (Wildman–Crippen MR) is 92.1 cm³/mol. The van der Waals surface area contributed by atoms with Gasteiger partial charge in [0, 0.05) is 16.3 Å². The summed E-state index contributed by atoms with van der Waals surface area (Å²) in [5.41, 5.74) is 9.53. The summed E-state index contributed by atoms with van der Waals surface area (Å²) < 4.78 is 5.53. The van der Waals surface area contributed by atoms with Gasteiger partial charge in [0.2, 0.25) is 0 Å². The number of benzene rings is 2. The molecule has 2 nitrogen and oxygen atoms in total. The minimum atomic E-state index is 0.574. The lowest BCUT2D eigenvalue weighted by Gasteiger charge is -2.10. The molecule has 112 valence electrons. The molecule has 0 atom stereocenters. The van der Waals surface area contributed by atoms with E-state index in [0.29, 0.717) is 12.5 Å². The van der Waals surface area contributed by atoms with Crippen molar-refractivity contribution in [3.63, 3.8) is 0 Å². The maximum Gasteiger partial charge on any atom is 0.120 e. The first-order chi connectivity index (χ1) is 10.1. The Morgan fingerprint density at radius 3 is 2.43 bits per heavy atom.